The standard InChI is InChI=1S/C18H16N2O5/c1-12-15(9-10-23-12)17(21)19-20-18(22)16-8-7-14(25-16)11-24-13-5-3-2-4-6-13/h2-10H,11H2,1H3,(H,19,21)(H,20,22). The molecule has 0 radical (unpaired) electrons. The molecule has 2 aromatic heterocycles. The fraction of sp³-hybridized carbons (Fsp3) is 0.111. The Morgan fingerprint density at radius 1 is 1.00 bits per heavy atom. The summed E-state index contributed by atoms with van der Waals surface area (Å²) in [6, 6.07) is 13.9. The minimum absolute atomic E-state index is 0.0656. The Morgan fingerprint density at radius 3 is 2.48 bits per heavy atom. The summed E-state index contributed by atoms with van der Waals surface area (Å²) in [7, 11) is 0. The zero-order valence-corrected chi connectivity index (χ0v) is 13.4. The molecule has 128 valence electrons. The third-order valence-corrected chi connectivity index (χ3v) is 3.40. The van der Waals surface area contributed by atoms with Crippen LogP contribution in [0.1, 0.15) is 32.4 Å². The average Bonchev–Trinajstić information content (AvgIpc) is 3.27. The quantitative estimate of drug-likeness (QED) is 0.697. The monoisotopic (exact) mass is 340 g/mol. The number of aryl methyl sites for hydroxylation is 1. The van der Waals surface area contributed by atoms with E-state index in [4.69, 9.17) is 13.6 Å². The van der Waals surface area contributed by atoms with Crippen LogP contribution in [-0.2, 0) is 6.61 Å². The first-order chi connectivity index (χ1) is 12.1. The molecule has 0 aliphatic carbocycles. The number of rotatable bonds is 5. The Morgan fingerprint density at radius 2 is 1.76 bits per heavy atom. The highest BCUT2D eigenvalue weighted by atomic mass is 16.5. The highest BCUT2D eigenvalue weighted by molar-refractivity contribution is 5.98. The van der Waals surface area contributed by atoms with Crippen LogP contribution in [0.4, 0.5) is 0 Å². The molecular formula is C18H16N2O5. The van der Waals surface area contributed by atoms with E-state index in [1.54, 1.807) is 13.0 Å². The Balaban J connectivity index is 1.52. The van der Waals surface area contributed by atoms with Crippen molar-refractivity contribution in [2.75, 3.05) is 0 Å². The minimum Gasteiger partial charge on any atom is -0.486 e. The van der Waals surface area contributed by atoms with Crippen molar-refractivity contribution in [3.05, 3.63) is 77.6 Å². The van der Waals surface area contributed by atoms with E-state index in [1.165, 1.54) is 18.4 Å². The summed E-state index contributed by atoms with van der Waals surface area (Å²) in [6.45, 7) is 1.85. The van der Waals surface area contributed by atoms with E-state index in [0.717, 1.165) is 0 Å². The maximum absolute atomic E-state index is 12.0. The summed E-state index contributed by atoms with van der Waals surface area (Å²) in [5, 5.41) is 0. The van der Waals surface area contributed by atoms with Crippen molar-refractivity contribution in [2.24, 2.45) is 0 Å². The van der Waals surface area contributed by atoms with Crippen LogP contribution in [0, 0.1) is 6.92 Å². The third-order valence-electron chi connectivity index (χ3n) is 3.40. The van der Waals surface area contributed by atoms with Crippen LogP contribution < -0.4 is 15.6 Å². The second kappa shape index (κ2) is 7.39. The maximum Gasteiger partial charge on any atom is 0.305 e. The second-order valence-electron chi connectivity index (χ2n) is 5.17. The predicted molar refractivity (Wildman–Crippen MR) is 87.9 cm³/mol. The predicted octanol–water partition coefficient (Wildman–Crippen LogP) is 2.83. The SMILES string of the molecule is Cc1occc1C(=O)NNC(=O)c1ccc(COc2ccccc2)o1. The molecule has 1 aromatic carbocycles. The van der Waals surface area contributed by atoms with E-state index in [1.807, 2.05) is 30.3 Å². The summed E-state index contributed by atoms with van der Waals surface area (Å²) in [6.07, 6.45) is 1.40. The molecule has 3 rings (SSSR count). The fourth-order valence-corrected chi connectivity index (χ4v) is 2.11. The third kappa shape index (κ3) is 4.08. The Bertz CT molecular complexity index is 866. The molecule has 7 heteroatoms. The van der Waals surface area contributed by atoms with Crippen molar-refractivity contribution >= 4 is 11.8 Å². The second-order valence-corrected chi connectivity index (χ2v) is 5.17. The van der Waals surface area contributed by atoms with Crippen LogP contribution in [-0.4, -0.2) is 11.8 Å². The van der Waals surface area contributed by atoms with E-state index in [-0.39, 0.29) is 12.4 Å². The van der Waals surface area contributed by atoms with E-state index in [9.17, 15) is 9.59 Å². The van der Waals surface area contributed by atoms with E-state index < -0.39 is 11.8 Å². The average molecular weight is 340 g/mol. The van der Waals surface area contributed by atoms with E-state index in [0.29, 0.717) is 22.8 Å². The molecule has 0 saturated heterocycles. The van der Waals surface area contributed by atoms with E-state index in [2.05, 4.69) is 10.9 Å². The lowest BCUT2D eigenvalue weighted by Gasteiger charge is -2.05. The number of para-hydroxylation sites is 1. The first-order valence-corrected chi connectivity index (χ1v) is 7.55. The fourth-order valence-electron chi connectivity index (χ4n) is 2.11. The number of nitrogens with one attached hydrogen (secondary N) is 2. The number of amides is 2. The number of hydrogen-bond donors (Lipinski definition) is 2. The van der Waals surface area contributed by atoms with Gasteiger partial charge in [-0.3, -0.25) is 20.4 Å². The van der Waals surface area contributed by atoms with Gasteiger partial charge in [0.1, 0.15) is 23.9 Å². The molecule has 0 fully saturated rings. The molecule has 2 amide bonds. The zero-order chi connectivity index (χ0) is 17.6. The molecule has 0 spiro atoms. The lowest BCUT2D eigenvalue weighted by Crippen LogP contribution is -2.41. The first-order valence-electron chi connectivity index (χ1n) is 7.55. The molecule has 0 aliphatic heterocycles. The van der Waals surface area contributed by atoms with Gasteiger partial charge in [0.2, 0.25) is 0 Å². The van der Waals surface area contributed by atoms with Crippen LogP contribution >= 0.6 is 0 Å². The molecule has 3 aromatic rings. The highest BCUT2D eigenvalue weighted by Gasteiger charge is 2.15. The largest absolute Gasteiger partial charge is 0.486 e. The highest BCUT2D eigenvalue weighted by Crippen LogP contribution is 2.14. The van der Waals surface area contributed by atoms with Crippen molar-refractivity contribution in [3.8, 4) is 5.75 Å². The van der Waals surface area contributed by atoms with Crippen molar-refractivity contribution in [1.82, 2.24) is 10.9 Å². The van der Waals surface area contributed by atoms with Gasteiger partial charge >= 0.3 is 5.91 Å². The number of ether oxygens (including phenoxy) is 1. The van der Waals surface area contributed by atoms with Gasteiger partial charge in [-0.05, 0) is 37.3 Å². The summed E-state index contributed by atoms with van der Waals surface area (Å²) in [5.74, 6) is 0.680. The van der Waals surface area contributed by atoms with Crippen LogP contribution in [0.25, 0.3) is 0 Å². The van der Waals surface area contributed by atoms with Crippen LogP contribution in [0.15, 0.2) is 63.6 Å². The summed E-state index contributed by atoms with van der Waals surface area (Å²) in [5.41, 5.74) is 4.93. The molecule has 2 heterocycles. The molecular weight excluding hydrogens is 324 g/mol. The van der Waals surface area contributed by atoms with Gasteiger partial charge in [-0.2, -0.15) is 0 Å². The van der Waals surface area contributed by atoms with Gasteiger partial charge in [-0.1, -0.05) is 18.2 Å². The number of furan rings is 2. The van der Waals surface area contributed by atoms with Gasteiger partial charge in [0.05, 0.1) is 11.8 Å². The summed E-state index contributed by atoms with van der Waals surface area (Å²) in [4.78, 5) is 23.9. The van der Waals surface area contributed by atoms with Gasteiger partial charge < -0.3 is 13.6 Å². The van der Waals surface area contributed by atoms with Gasteiger partial charge in [0.25, 0.3) is 5.91 Å². The van der Waals surface area contributed by atoms with Gasteiger partial charge in [0.15, 0.2) is 5.76 Å². The van der Waals surface area contributed by atoms with Crippen molar-refractivity contribution in [3.63, 3.8) is 0 Å². The molecule has 25 heavy (non-hydrogen) atoms. The van der Waals surface area contributed by atoms with Crippen LogP contribution in [0.5, 0.6) is 5.75 Å². The number of benzene rings is 1. The Hall–Kier alpha value is -3.48. The lowest BCUT2D eigenvalue weighted by molar-refractivity contribution is 0.0827. The lowest BCUT2D eigenvalue weighted by atomic mass is 10.2. The topological polar surface area (TPSA) is 93.7 Å². The maximum atomic E-state index is 12.0. The normalized spacial score (nSPS) is 10.3. The molecule has 0 atom stereocenters. The van der Waals surface area contributed by atoms with Crippen molar-refractivity contribution in [2.45, 2.75) is 13.5 Å². The molecule has 2 N–H and O–H groups in total. The molecule has 0 saturated carbocycles. The summed E-state index contributed by atoms with van der Waals surface area (Å²) < 4.78 is 16.0. The van der Waals surface area contributed by atoms with Crippen molar-refractivity contribution in [1.29, 1.82) is 0 Å². The molecule has 0 aliphatic rings. The Labute approximate surface area is 143 Å². The van der Waals surface area contributed by atoms with Crippen LogP contribution in [0.3, 0.4) is 0 Å². The van der Waals surface area contributed by atoms with E-state index >= 15 is 0 Å². The zero-order valence-electron chi connectivity index (χ0n) is 13.4. The van der Waals surface area contributed by atoms with Gasteiger partial charge in [-0.25, -0.2) is 0 Å². The van der Waals surface area contributed by atoms with Crippen LogP contribution in [0.2, 0.25) is 0 Å². The van der Waals surface area contributed by atoms with Gasteiger partial charge in [-0.15, -0.1) is 0 Å². The minimum atomic E-state index is -0.569. The van der Waals surface area contributed by atoms with Crippen molar-refractivity contribution < 1.29 is 23.2 Å². The Kier molecular flexibility index (Phi) is 4.84. The number of carbonyl (C=O) groups is 2. The molecule has 7 nitrogen and oxygen atoms in total. The smallest absolute Gasteiger partial charge is 0.305 e. The number of hydrazine groups is 1. The number of hydrogen-bond acceptors (Lipinski definition) is 5. The molecule has 0 unspecified atom stereocenters. The van der Waals surface area contributed by atoms with Gasteiger partial charge in [0, 0.05) is 0 Å². The first kappa shape index (κ1) is 16.4. The number of carbonyl (C=O) groups excluding carboxylic acids is 2. The summed E-state index contributed by atoms with van der Waals surface area (Å²) >= 11 is 0. The molecule has 0 bridgehead atoms.